The first-order valence-corrected chi connectivity index (χ1v) is 5.17. The first-order valence-electron chi connectivity index (χ1n) is 5.17. The fourth-order valence-corrected chi connectivity index (χ4v) is 1.41. The molecule has 0 saturated carbocycles. The molecule has 0 aliphatic carbocycles. The summed E-state index contributed by atoms with van der Waals surface area (Å²) >= 11 is 0. The van der Waals surface area contributed by atoms with Gasteiger partial charge in [-0.3, -0.25) is 4.79 Å². The zero-order valence-corrected chi connectivity index (χ0v) is 9.93. The van der Waals surface area contributed by atoms with E-state index in [9.17, 15) is 9.90 Å². The van der Waals surface area contributed by atoms with Crippen molar-refractivity contribution in [1.29, 1.82) is 0 Å². The molecule has 0 fully saturated rings. The molecule has 0 saturated heterocycles. The molecule has 1 aromatic heterocycles. The van der Waals surface area contributed by atoms with Crippen molar-refractivity contribution in [1.82, 2.24) is 4.90 Å². The Hall–Kier alpha value is -1.49. The lowest BCUT2D eigenvalue weighted by atomic mass is 10.3. The molecule has 5 heteroatoms. The first kappa shape index (κ1) is 12.6. The Morgan fingerprint density at radius 2 is 1.94 bits per heavy atom. The van der Waals surface area contributed by atoms with E-state index in [-0.39, 0.29) is 5.75 Å². The van der Waals surface area contributed by atoms with Gasteiger partial charge in [0.05, 0.1) is 0 Å². The molecule has 16 heavy (non-hydrogen) atoms. The highest BCUT2D eigenvalue weighted by atomic mass is 16.3. The second kappa shape index (κ2) is 5.55. The molecule has 0 aliphatic heterocycles. The largest absolute Gasteiger partial charge is 0.502 e. The van der Waals surface area contributed by atoms with Crippen LogP contribution in [0.3, 0.4) is 0 Å². The van der Waals surface area contributed by atoms with E-state index >= 15 is 0 Å². The van der Waals surface area contributed by atoms with Crippen LogP contribution in [0.25, 0.3) is 0 Å². The van der Waals surface area contributed by atoms with Crippen molar-refractivity contribution in [2.75, 3.05) is 39.1 Å². The third-order valence-electron chi connectivity index (χ3n) is 2.33. The van der Waals surface area contributed by atoms with Crippen molar-refractivity contribution >= 4 is 5.69 Å². The summed E-state index contributed by atoms with van der Waals surface area (Å²) in [5.41, 5.74) is -0.00245. The second-order valence-electron chi connectivity index (χ2n) is 4.05. The van der Waals surface area contributed by atoms with Gasteiger partial charge in [-0.25, -0.2) is 0 Å². The summed E-state index contributed by atoms with van der Waals surface area (Å²) < 4.78 is 4.87. The van der Waals surface area contributed by atoms with E-state index in [1.165, 1.54) is 6.26 Å². The Labute approximate surface area is 94.9 Å². The number of nitrogens with zero attached hydrogens (tertiary/aromatic N) is 2. The van der Waals surface area contributed by atoms with E-state index in [1.807, 2.05) is 14.1 Å². The number of hydrogen-bond donors (Lipinski definition) is 1. The second-order valence-corrected chi connectivity index (χ2v) is 4.05. The molecule has 0 unspecified atom stereocenters. The Balaban J connectivity index is 2.63. The molecule has 0 amide bonds. The minimum atomic E-state index is -0.390. The van der Waals surface area contributed by atoms with Crippen LogP contribution < -0.4 is 10.3 Å². The van der Waals surface area contributed by atoms with E-state index in [1.54, 1.807) is 11.9 Å². The van der Waals surface area contributed by atoms with Crippen LogP contribution in [0.5, 0.6) is 5.75 Å². The molecule has 90 valence electrons. The minimum Gasteiger partial charge on any atom is -0.502 e. The molecule has 5 nitrogen and oxygen atoms in total. The highest BCUT2D eigenvalue weighted by Crippen LogP contribution is 2.11. The van der Waals surface area contributed by atoms with Gasteiger partial charge in [-0.15, -0.1) is 0 Å². The maximum atomic E-state index is 11.5. The van der Waals surface area contributed by atoms with Crippen molar-refractivity contribution in [3.05, 3.63) is 22.7 Å². The summed E-state index contributed by atoms with van der Waals surface area (Å²) in [5.74, 6) is -0.350. The monoisotopic (exact) mass is 226 g/mol. The van der Waals surface area contributed by atoms with Gasteiger partial charge in [-0.2, -0.15) is 0 Å². The van der Waals surface area contributed by atoms with Crippen LogP contribution in [0.1, 0.15) is 6.42 Å². The SMILES string of the molecule is CN(C)CCCN(C)c1cocc(O)c1=O. The van der Waals surface area contributed by atoms with E-state index in [4.69, 9.17) is 4.42 Å². The molecule has 1 N–H and O–H groups in total. The van der Waals surface area contributed by atoms with Gasteiger partial charge in [-0.1, -0.05) is 0 Å². The molecule has 0 atom stereocenters. The molecule has 0 aromatic carbocycles. The topological polar surface area (TPSA) is 56.9 Å². The lowest BCUT2D eigenvalue weighted by molar-refractivity contribution is 0.400. The fourth-order valence-electron chi connectivity index (χ4n) is 1.41. The average molecular weight is 226 g/mol. The van der Waals surface area contributed by atoms with Crippen LogP contribution >= 0.6 is 0 Å². The summed E-state index contributed by atoms with van der Waals surface area (Å²) in [4.78, 5) is 15.4. The summed E-state index contributed by atoms with van der Waals surface area (Å²) in [6.45, 7) is 1.70. The Morgan fingerprint density at radius 3 is 2.56 bits per heavy atom. The number of hydrogen-bond acceptors (Lipinski definition) is 5. The van der Waals surface area contributed by atoms with Crippen molar-refractivity contribution in [2.24, 2.45) is 0 Å². The smallest absolute Gasteiger partial charge is 0.249 e. The van der Waals surface area contributed by atoms with Crippen LogP contribution in [-0.4, -0.2) is 44.2 Å². The maximum absolute atomic E-state index is 11.5. The van der Waals surface area contributed by atoms with Gasteiger partial charge >= 0.3 is 0 Å². The normalized spacial score (nSPS) is 10.8. The zero-order chi connectivity index (χ0) is 12.1. The Bertz CT molecular complexity index is 387. The number of rotatable bonds is 5. The molecule has 1 aromatic rings. The van der Waals surface area contributed by atoms with Gasteiger partial charge < -0.3 is 19.3 Å². The van der Waals surface area contributed by atoms with Crippen LogP contribution in [0.4, 0.5) is 5.69 Å². The van der Waals surface area contributed by atoms with E-state index < -0.39 is 5.43 Å². The van der Waals surface area contributed by atoms with Crippen molar-refractivity contribution < 1.29 is 9.52 Å². The van der Waals surface area contributed by atoms with Crippen molar-refractivity contribution in [3.8, 4) is 5.75 Å². The van der Waals surface area contributed by atoms with E-state index in [0.29, 0.717) is 5.69 Å². The zero-order valence-electron chi connectivity index (χ0n) is 9.93. The van der Waals surface area contributed by atoms with Gasteiger partial charge in [-0.05, 0) is 27.1 Å². The number of aromatic hydroxyl groups is 1. The van der Waals surface area contributed by atoms with Gasteiger partial charge in [0.1, 0.15) is 18.2 Å². The highest BCUT2D eigenvalue weighted by molar-refractivity contribution is 5.45. The molecule has 0 radical (unpaired) electrons. The predicted molar refractivity (Wildman–Crippen MR) is 63.1 cm³/mol. The fraction of sp³-hybridized carbons (Fsp3) is 0.545. The summed E-state index contributed by atoms with van der Waals surface area (Å²) in [5, 5.41) is 9.22. The number of anilines is 1. The van der Waals surface area contributed by atoms with Gasteiger partial charge in [0.2, 0.25) is 11.2 Å². The summed E-state index contributed by atoms with van der Waals surface area (Å²) in [6, 6.07) is 0. The minimum absolute atomic E-state index is 0.350. The molecule has 1 rings (SSSR count). The summed E-state index contributed by atoms with van der Waals surface area (Å²) in [6.07, 6.45) is 3.34. The lowest BCUT2D eigenvalue weighted by Gasteiger charge is -2.18. The first-order chi connectivity index (χ1) is 7.52. The van der Waals surface area contributed by atoms with Crippen molar-refractivity contribution in [2.45, 2.75) is 6.42 Å². The van der Waals surface area contributed by atoms with Crippen LogP contribution in [0, 0.1) is 0 Å². The Morgan fingerprint density at radius 1 is 1.25 bits per heavy atom. The predicted octanol–water partition coefficient (Wildman–Crippen LogP) is 0.733. The van der Waals surface area contributed by atoms with Crippen LogP contribution in [0.15, 0.2) is 21.7 Å². The van der Waals surface area contributed by atoms with E-state index in [2.05, 4.69) is 4.90 Å². The van der Waals surface area contributed by atoms with Gasteiger partial charge in [0, 0.05) is 13.6 Å². The van der Waals surface area contributed by atoms with Gasteiger partial charge in [0.15, 0.2) is 0 Å². The average Bonchev–Trinajstić information content (AvgIpc) is 2.21. The molecule has 0 bridgehead atoms. The molecule has 0 aliphatic rings. The molecular weight excluding hydrogens is 208 g/mol. The standard InChI is InChI=1S/C11H18N2O3/c1-12(2)5-4-6-13(3)9-7-16-8-10(14)11(9)15/h7-8,14H,4-6H2,1-3H3. The highest BCUT2D eigenvalue weighted by Gasteiger charge is 2.09. The lowest BCUT2D eigenvalue weighted by Crippen LogP contribution is -2.27. The van der Waals surface area contributed by atoms with Crippen molar-refractivity contribution in [3.63, 3.8) is 0 Å². The maximum Gasteiger partial charge on any atom is 0.249 e. The van der Waals surface area contributed by atoms with Crippen LogP contribution in [0.2, 0.25) is 0 Å². The van der Waals surface area contributed by atoms with E-state index in [0.717, 1.165) is 25.8 Å². The third-order valence-corrected chi connectivity index (χ3v) is 2.33. The van der Waals surface area contributed by atoms with Crippen LogP contribution in [-0.2, 0) is 0 Å². The molecule has 0 spiro atoms. The Kier molecular flexibility index (Phi) is 4.37. The molecular formula is C11H18N2O3. The molecule has 1 heterocycles. The summed E-state index contributed by atoms with van der Waals surface area (Å²) in [7, 11) is 5.81. The quantitative estimate of drug-likeness (QED) is 0.802. The van der Waals surface area contributed by atoms with Gasteiger partial charge in [0.25, 0.3) is 0 Å². The third kappa shape index (κ3) is 3.27.